The van der Waals surface area contributed by atoms with Gasteiger partial charge in [0.25, 0.3) is 0 Å². The van der Waals surface area contributed by atoms with Gasteiger partial charge < -0.3 is 10.1 Å². The van der Waals surface area contributed by atoms with Crippen molar-refractivity contribution in [3.05, 3.63) is 26.7 Å². The average molecular weight is 404 g/mol. The van der Waals surface area contributed by atoms with Gasteiger partial charge in [-0.15, -0.1) is 0 Å². The third-order valence-electron chi connectivity index (χ3n) is 2.09. The van der Waals surface area contributed by atoms with Gasteiger partial charge in [0.05, 0.1) is 12.3 Å². The molecule has 0 atom stereocenters. The minimum Gasteiger partial charge on any atom is -0.459 e. The van der Waals surface area contributed by atoms with Gasteiger partial charge in [-0.25, -0.2) is 19.7 Å². The maximum Gasteiger partial charge on any atom is 0.350 e. The fourth-order valence-corrected chi connectivity index (χ4v) is 2.75. The van der Waals surface area contributed by atoms with Gasteiger partial charge in [0, 0.05) is 6.07 Å². The molecule has 2 aromatic rings. The van der Waals surface area contributed by atoms with Gasteiger partial charge in [-0.1, -0.05) is 11.3 Å². The van der Waals surface area contributed by atoms with Crippen LogP contribution < -0.4 is 5.32 Å². The van der Waals surface area contributed by atoms with E-state index in [1.54, 1.807) is 6.07 Å². The summed E-state index contributed by atoms with van der Waals surface area (Å²) in [6.07, 6.45) is 1.35. The van der Waals surface area contributed by atoms with Gasteiger partial charge in [0.2, 0.25) is 0 Å². The van der Waals surface area contributed by atoms with Crippen LogP contribution in [0, 0.1) is 10.6 Å². The molecule has 2 aromatic heterocycles. The van der Waals surface area contributed by atoms with Gasteiger partial charge in [-0.3, -0.25) is 0 Å². The lowest BCUT2D eigenvalue weighted by Gasteiger charge is -2.05. The number of thiazole rings is 1. The lowest BCUT2D eigenvalue weighted by atomic mass is 10.5. The SMILES string of the molecule is Cc1nc(I)cc(Nc2ncc(C(=O)OC(C)C)s2)n1. The first kappa shape index (κ1) is 15.1. The Morgan fingerprint density at radius 3 is 2.85 bits per heavy atom. The normalized spacial score (nSPS) is 10.7. The number of anilines is 2. The molecule has 0 unspecified atom stereocenters. The second-order valence-electron chi connectivity index (χ2n) is 4.23. The highest BCUT2D eigenvalue weighted by molar-refractivity contribution is 14.1. The molecule has 0 fully saturated rings. The Morgan fingerprint density at radius 2 is 2.20 bits per heavy atom. The number of nitrogens with zero attached hydrogens (tertiary/aromatic N) is 3. The van der Waals surface area contributed by atoms with E-state index in [0.717, 1.165) is 3.70 Å². The molecule has 0 aliphatic heterocycles. The molecule has 0 aliphatic carbocycles. The van der Waals surface area contributed by atoms with E-state index in [1.807, 2.05) is 20.8 Å². The zero-order chi connectivity index (χ0) is 14.7. The molecule has 6 nitrogen and oxygen atoms in total. The zero-order valence-corrected chi connectivity index (χ0v) is 14.2. The Morgan fingerprint density at radius 1 is 1.45 bits per heavy atom. The second kappa shape index (κ2) is 6.44. The largest absolute Gasteiger partial charge is 0.459 e. The van der Waals surface area contributed by atoms with Crippen LogP contribution in [0.3, 0.4) is 0 Å². The van der Waals surface area contributed by atoms with E-state index in [2.05, 4.69) is 42.9 Å². The Bertz CT molecular complexity index is 609. The van der Waals surface area contributed by atoms with Crippen molar-refractivity contribution in [2.24, 2.45) is 0 Å². The fraction of sp³-hybridized carbons (Fsp3) is 0.333. The fourth-order valence-electron chi connectivity index (χ4n) is 1.40. The summed E-state index contributed by atoms with van der Waals surface area (Å²) < 4.78 is 5.96. The predicted octanol–water partition coefficient (Wildman–Crippen LogP) is 3.15. The second-order valence-corrected chi connectivity index (χ2v) is 6.37. The van der Waals surface area contributed by atoms with E-state index < -0.39 is 0 Å². The van der Waals surface area contributed by atoms with Crippen LogP contribution in [0.5, 0.6) is 0 Å². The highest BCUT2D eigenvalue weighted by atomic mass is 127. The van der Waals surface area contributed by atoms with E-state index in [9.17, 15) is 4.79 Å². The predicted molar refractivity (Wildman–Crippen MR) is 85.4 cm³/mol. The number of rotatable bonds is 4. The first-order chi connectivity index (χ1) is 9.44. The van der Waals surface area contributed by atoms with E-state index in [4.69, 9.17) is 4.74 Å². The number of esters is 1. The molecule has 0 radical (unpaired) electrons. The number of carbonyl (C=O) groups excluding carboxylic acids is 1. The molecular formula is C12H13IN4O2S. The minimum atomic E-state index is -0.362. The van der Waals surface area contributed by atoms with Gasteiger partial charge in [-0.2, -0.15) is 0 Å². The van der Waals surface area contributed by atoms with E-state index in [-0.39, 0.29) is 12.1 Å². The van der Waals surface area contributed by atoms with Crippen LogP contribution in [-0.4, -0.2) is 27.0 Å². The lowest BCUT2D eigenvalue weighted by Crippen LogP contribution is -2.09. The van der Waals surface area contributed by atoms with Crippen molar-refractivity contribution >= 4 is 50.8 Å². The number of hydrogen-bond acceptors (Lipinski definition) is 7. The van der Waals surface area contributed by atoms with Crippen molar-refractivity contribution < 1.29 is 9.53 Å². The standard InChI is InChI=1S/C12H13IN4O2S/c1-6(2)19-11(18)8-5-14-12(20-8)17-10-4-9(13)15-7(3)16-10/h4-6H,1-3H3,(H,14,15,16,17). The van der Waals surface area contributed by atoms with Crippen LogP contribution in [0.2, 0.25) is 0 Å². The van der Waals surface area contributed by atoms with Crippen LogP contribution >= 0.6 is 33.9 Å². The quantitative estimate of drug-likeness (QED) is 0.479. The van der Waals surface area contributed by atoms with Crippen molar-refractivity contribution in [2.75, 3.05) is 5.32 Å². The van der Waals surface area contributed by atoms with Crippen LogP contribution in [0.25, 0.3) is 0 Å². The Hall–Kier alpha value is -1.29. The summed E-state index contributed by atoms with van der Waals surface area (Å²) in [5, 5.41) is 3.65. The van der Waals surface area contributed by atoms with Crippen molar-refractivity contribution in [3.63, 3.8) is 0 Å². The van der Waals surface area contributed by atoms with Crippen molar-refractivity contribution in [3.8, 4) is 0 Å². The topological polar surface area (TPSA) is 77.0 Å². The van der Waals surface area contributed by atoms with Crippen LogP contribution in [-0.2, 0) is 4.74 Å². The molecule has 0 amide bonds. The van der Waals surface area contributed by atoms with Gasteiger partial charge >= 0.3 is 5.97 Å². The van der Waals surface area contributed by atoms with Crippen molar-refractivity contribution in [1.29, 1.82) is 0 Å². The molecule has 0 spiro atoms. The average Bonchev–Trinajstić information content (AvgIpc) is 2.75. The molecule has 0 bridgehead atoms. The number of aryl methyl sites for hydroxylation is 1. The summed E-state index contributed by atoms with van der Waals surface area (Å²) >= 11 is 3.35. The summed E-state index contributed by atoms with van der Waals surface area (Å²) in [5.74, 6) is 0.967. The maximum absolute atomic E-state index is 11.7. The van der Waals surface area contributed by atoms with Crippen molar-refractivity contribution in [2.45, 2.75) is 26.9 Å². The monoisotopic (exact) mass is 404 g/mol. The number of nitrogens with one attached hydrogen (secondary N) is 1. The van der Waals surface area contributed by atoms with Gasteiger partial charge in [0.1, 0.15) is 20.2 Å². The molecule has 20 heavy (non-hydrogen) atoms. The Labute approximate surface area is 134 Å². The number of ether oxygens (including phenoxy) is 1. The lowest BCUT2D eigenvalue weighted by molar-refractivity contribution is 0.0383. The third kappa shape index (κ3) is 4.10. The third-order valence-corrected chi connectivity index (χ3v) is 3.54. The summed E-state index contributed by atoms with van der Waals surface area (Å²) in [7, 11) is 0. The molecule has 1 N–H and O–H groups in total. The molecular weight excluding hydrogens is 391 g/mol. The number of hydrogen-bond donors (Lipinski definition) is 1. The number of halogens is 1. The van der Waals surface area contributed by atoms with E-state index in [1.165, 1.54) is 17.5 Å². The molecule has 8 heteroatoms. The van der Waals surface area contributed by atoms with E-state index >= 15 is 0 Å². The zero-order valence-electron chi connectivity index (χ0n) is 11.2. The molecule has 0 saturated heterocycles. The molecule has 0 aliphatic rings. The molecule has 0 saturated carbocycles. The maximum atomic E-state index is 11.7. The Balaban J connectivity index is 2.11. The van der Waals surface area contributed by atoms with Crippen molar-refractivity contribution in [1.82, 2.24) is 15.0 Å². The van der Waals surface area contributed by atoms with Crippen LogP contribution in [0.4, 0.5) is 10.9 Å². The first-order valence-corrected chi connectivity index (χ1v) is 7.78. The summed E-state index contributed by atoms with van der Waals surface area (Å²) in [5.41, 5.74) is 0. The smallest absolute Gasteiger partial charge is 0.350 e. The summed E-state index contributed by atoms with van der Waals surface area (Å²) in [4.78, 5) is 24.8. The Kier molecular flexibility index (Phi) is 4.86. The molecule has 2 heterocycles. The number of aromatic nitrogens is 3. The summed E-state index contributed by atoms with van der Waals surface area (Å²) in [6, 6.07) is 1.81. The highest BCUT2D eigenvalue weighted by Gasteiger charge is 2.14. The first-order valence-electron chi connectivity index (χ1n) is 5.89. The molecule has 0 aromatic carbocycles. The van der Waals surface area contributed by atoms with Crippen LogP contribution in [0.1, 0.15) is 29.3 Å². The molecule has 106 valence electrons. The molecule has 2 rings (SSSR count). The minimum absolute atomic E-state index is 0.146. The number of carbonyl (C=O) groups is 1. The van der Waals surface area contributed by atoms with Gasteiger partial charge in [-0.05, 0) is 43.4 Å². The van der Waals surface area contributed by atoms with Gasteiger partial charge in [0.15, 0.2) is 5.13 Å². The van der Waals surface area contributed by atoms with Crippen LogP contribution in [0.15, 0.2) is 12.3 Å². The highest BCUT2D eigenvalue weighted by Crippen LogP contribution is 2.23. The van der Waals surface area contributed by atoms with E-state index in [0.29, 0.717) is 21.7 Å². The summed E-state index contributed by atoms with van der Waals surface area (Å²) in [6.45, 7) is 5.44.